The average Bonchev–Trinajstić information content (AvgIpc) is 2.66. The molecule has 0 spiro atoms. The molecule has 5 heteroatoms. The second kappa shape index (κ2) is 8.74. The van der Waals surface area contributed by atoms with Crippen LogP contribution in [0.1, 0.15) is 5.56 Å². The van der Waals surface area contributed by atoms with Gasteiger partial charge in [-0.15, -0.1) is 0 Å². The van der Waals surface area contributed by atoms with E-state index >= 15 is 0 Å². The predicted molar refractivity (Wildman–Crippen MR) is 106 cm³/mol. The van der Waals surface area contributed by atoms with Crippen molar-refractivity contribution in [1.82, 2.24) is 5.32 Å². The lowest BCUT2D eigenvalue weighted by Gasteiger charge is -2.08. The van der Waals surface area contributed by atoms with E-state index in [9.17, 15) is 9.00 Å². The highest BCUT2D eigenvalue weighted by atomic mass is 32.2. The number of amides is 1. The lowest BCUT2D eigenvalue weighted by Crippen LogP contribution is -2.30. The summed E-state index contributed by atoms with van der Waals surface area (Å²) in [5.41, 5.74) is 3.21. The largest absolute Gasteiger partial charge is 0.395 e. The lowest BCUT2D eigenvalue weighted by molar-refractivity contribution is -0.118. The van der Waals surface area contributed by atoms with Crippen LogP contribution in [0.15, 0.2) is 66.7 Å². The van der Waals surface area contributed by atoms with Crippen LogP contribution >= 0.6 is 0 Å². The second-order valence-electron chi connectivity index (χ2n) is 6.03. The number of fused-ring (bicyclic) bond motifs is 1. The van der Waals surface area contributed by atoms with Crippen molar-refractivity contribution in [2.45, 2.75) is 5.75 Å². The van der Waals surface area contributed by atoms with E-state index in [1.54, 1.807) is 0 Å². The molecule has 1 unspecified atom stereocenters. The number of aliphatic hydroxyl groups is 1. The van der Waals surface area contributed by atoms with Gasteiger partial charge >= 0.3 is 0 Å². The first-order valence-corrected chi connectivity index (χ1v) is 9.96. The van der Waals surface area contributed by atoms with E-state index in [-0.39, 0.29) is 24.8 Å². The highest BCUT2D eigenvalue weighted by Crippen LogP contribution is 2.28. The first-order chi connectivity index (χ1) is 12.7. The summed E-state index contributed by atoms with van der Waals surface area (Å²) in [6, 6.07) is 22.5. The Hall–Kier alpha value is -2.50. The minimum absolute atomic E-state index is 0.0505. The Morgan fingerprint density at radius 1 is 0.962 bits per heavy atom. The normalized spacial score (nSPS) is 12.0. The molecule has 0 heterocycles. The van der Waals surface area contributed by atoms with E-state index in [2.05, 4.69) is 29.6 Å². The van der Waals surface area contributed by atoms with Crippen molar-refractivity contribution in [3.05, 3.63) is 72.3 Å². The Labute approximate surface area is 155 Å². The first kappa shape index (κ1) is 18.3. The molecule has 1 atom stereocenters. The summed E-state index contributed by atoms with van der Waals surface area (Å²) >= 11 is 0. The molecule has 26 heavy (non-hydrogen) atoms. The molecule has 1 amide bonds. The summed E-state index contributed by atoms with van der Waals surface area (Å²) < 4.78 is 12.1. The number of hydrogen-bond acceptors (Lipinski definition) is 3. The number of hydrogen-bond donors (Lipinski definition) is 2. The maximum atomic E-state index is 12.1. The Balaban J connectivity index is 1.70. The number of carbonyl (C=O) groups excluding carboxylic acids is 1. The third kappa shape index (κ3) is 4.56. The minimum atomic E-state index is -1.27. The smallest absolute Gasteiger partial charge is 0.232 e. The molecule has 2 N–H and O–H groups in total. The number of carbonyl (C=O) groups is 1. The Kier molecular flexibility index (Phi) is 6.15. The van der Waals surface area contributed by atoms with E-state index < -0.39 is 10.8 Å². The third-order valence-electron chi connectivity index (χ3n) is 4.11. The summed E-state index contributed by atoms with van der Waals surface area (Å²) in [4.78, 5) is 11.6. The molecular weight excluding hydrogens is 346 g/mol. The van der Waals surface area contributed by atoms with Crippen molar-refractivity contribution in [2.24, 2.45) is 0 Å². The third-order valence-corrected chi connectivity index (χ3v) is 5.35. The minimum Gasteiger partial charge on any atom is -0.395 e. The molecule has 0 fully saturated rings. The van der Waals surface area contributed by atoms with Crippen LogP contribution in [0, 0.1) is 0 Å². The molecule has 0 saturated heterocycles. The highest BCUT2D eigenvalue weighted by Gasteiger charge is 2.09. The van der Waals surface area contributed by atoms with E-state index in [1.165, 1.54) is 16.3 Å². The van der Waals surface area contributed by atoms with Crippen molar-refractivity contribution in [3.63, 3.8) is 0 Å². The summed E-state index contributed by atoms with van der Waals surface area (Å²) in [7, 11) is -1.27. The summed E-state index contributed by atoms with van der Waals surface area (Å²) in [6.07, 6.45) is 0. The van der Waals surface area contributed by atoms with Gasteiger partial charge in [0.25, 0.3) is 0 Å². The molecule has 3 rings (SSSR count). The fourth-order valence-corrected chi connectivity index (χ4v) is 3.95. The zero-order chi connectivity index (χ0) is 18.4. The molecule has 0 bridgehead atoms. The second-order valence-corrected chi connectivity index (χ2v) is 7.48. The monoisotopic (exact) mass is 367 g/mol. The van der Waals surface area contributed by atoms with Gasteiger partial charge < -0.3 is 10.4 Å². The van der Waals surface area contributed by atoms with Crippen LogP contribution in [-0.2, 0) is 21.3 Å². The van der Waals surface area contributed by atoms with E-state index in [1.807, 2.05) is 42.5 Å². The number of aliphatic hydroxyl groups excluding tert-OH is 1. The van der Waals surface area contributed by atoms with Gasteiger partial charge in [0, 0.05) is 23.1 Å². The van der Waals surface area contributed by atoms with Crippen molar-refractivity contribution in [1.29, 1.82) is 0 Å². The summed E-state index contributed by atoms with van der Waals surface area (Å²) in [5.74, 6) is -0.0160. The molecular formula is C21H21NO3S. The van der Waals surface area contributed by atoms with Gasteiger partial charge in [0.2, 0.25) is 5.91 Å². The van der Waals surface area contributed by atoms with Gasteiger partial charge in [0.15, 0.2) is 0 Å². The SMILES string of the molecule is O=C(CS(=O)Cc1ccc(-c2cccc3ccccc23)cc1)NCCO. The Bertz CT molecular complexity index is 917. The van der Waals surface area contributed by atoms with Crippen molar-refractivity contribution in [3.8, 4) is 11.1 Å². The van der Waals surface area contributed by atoms with Gasteiger partial charge in [-0.3, -0.25) is 9.00 Å². The number of nitrogens with one attached hydrogen (secondary N) is 1. The summed E-state index contributed by atoms with van der Waals surface area (Å²) in [6.45, 7) is 0.0732. The number of rotatable bonds is 7. The fourth-order valence-electron chi connectivity index (χ4n) is 2.89. The molecule has 0 radical (unpaired) electrons. The summed E-state index contributed by atoms with van der Waals surface area (Å²) in [5, 5.41) is 13.6. The van der Waals surface area contributed by atoms with E-state index in [4.69, 9.17) is 5.11 Å². The standard InChI is InChI=1S/C21H21NO3S/c23-13-12-22-21(24)15-26(25)14-16-8-10-18(11-9-16)20-7-3-5-17-4-1-2-6-19(17)20/h1-11,23H,12-15H2,(H,22,24). The van der Waals surface area contributed by atoms with Gasteiger partial charge in [0.1, 0.15) is 5.75 Å². The van der Waals surface area contributed by atoms with Crippen LogP contribution in [0.25, 0.3) is 21.9 Å². The van der Waals surface area contributed by atoms with Crippen LogP contribution in [0.4, 0.5) is 0 Å². The quantitative estimate of drug-likeness (QED) is 0.675. The lowest BCUT2D eigenvalue weighted by atomic mass is 9.98. The highest BCUT2D eigenvalue weighted by molar-refractivity contribution is 7.84. The zero-order valence-electron chi connectivity index (χ0n) is 14.4. The molecule has 3 aromatic carbocycles. The zero-order valence-corrected chi connectivity index (χ0v) is 15.2. The van der Waals surface area contributed by atoms with Gasteiger partial charge in [0.05, 0.1) is 6.61 Å². The van der Waals surface area contributed by atoms with Crippen molar-refractivity contribution in [2.75, 3.05) is 18.9 Å². The Morgan fingerprint density at radius 3 is 2.46 bits per heavy atom. The number of benzene rings is 3. The topological polar surface area (TPSA) is 66.4 Å². The molecule has 0 saturated carbocycles. The molecule has 4 nitrogen and oxygen atoms in total. The molecule has 0 aliphatic carbocycles. The predicted octanol–water partition coefficient (Wildman–Crippen LogP) is 2.86. The maximum absolute atomic E-state index is 12.1. The van der Waals surface area contributed by atoms with Gasteiger partial charge in [-0.25, -0.2) is 0 Å². The molecule has 3 aromatic rings. The molecule has 0 aliphatic rings. The van der Waals surface area contributed by atoms with Crippen LogP contribution in [-0.4, -0.2) is 34.1 Å². The van der Waals surface area contributed by atoms with Crippen LogP contribution in [0.3, 0.4) is 0 Å². The van der Waals surface area contributed by atoms with Crippen LogP contribution in [0.5, 0.6) is 0 Å². The van der Waals surface area contributed by atoms with E-state index in [0.29, 0.717) is 5.75 Å². The van der Waals surface area contributed by atoms with E-state index in [0.717, 1.165) is 11.1 Å². The average molecular weight is 367 g/mol. The molecule has 0 aromatic heterocycles. The van der Waals surface area contributed by atoms with Gasteiger partial charge in [-0.05, 0) is 27.5 Å². The Morgan fingerprint density at radius 2 is 1.69 bits per heavy atom. The fraction of sp³-hybridized carbons (Fsp3) is 0.190. The van der Waals surface area contributed by atoms with Crippen LogP contribution < -0.4 is 5.32 Å². The van der Waals surface area contributed by atoms with Crippen LogP contribution in [0.2, 0.25) is 0 Å². The maximum Gasteiger partial charge on any atom is 0.232 e. The van der Waals surface area contributed by atoms with Gasteiger partial charge in [-0.1, -0.05) is 66.7 Å². The van der Waals surface area contributed by atoms with Crippen molar-refractivity contribution >= 4 is 27.5 Å². The van der Waals surface area contributed by atoms with Gasteiger partial charge in [-0.2, -0.15) is 0 Å². The van der Waals surface area contributed by atoms with Crippen molar-refractivity contribution < 1.29 is 14.1 Å². The molecule has 0 aliphatic heterocycles. The first-order valence-electron chi connectivity index (χ1n) is 8.47. The molecule has 134 valence electrons.